The summed E-state index contributed by atoms with van der Waals surface area (Å²) in [6.07, 6.45) is 3.35. The van der Waals surface area contributed by atoms with Crippen LogP contribution in [0.25, 0.3) is 0 Å². The van der Waals surface area contributed by atoms with Gasteiger partial charge in [0.05, 0.1) is 11.1 Å². The largest absolute Gasteiger partial charge is 0.455 e. The van der Waals surface area contributed by atoms with Crippen LogP contribution in [0.4, 0.5) is 0 Å². The highest BCUT2D eigenvalue weighted by molar-refractivity contribution is 5.92. The molecule has 3 saturated carbocycles. The van der Waals surface area contributed by atoms with E-state index in [2.05, 4.69) is 0 Å². The number of aryl methyl sites for hydroxylation is 2. The Kier molecular flexibility index (Phi) is 5.21. The maximum absolute atomic E-state index is 12.8. The fourth-order valence-corrected chi connectivity index (χ4v) is 4.64. The van der Waals surface area contributed by atoms with Crippen LogP contribution in [0.15, 0.2) is 48.5 Å². The zero-order chi connectivity index (χ0) is 19.7. The summed E-state index contributed by atoms with van der Waals surface area (Å²) in [5.41, 5.74) is 2.93. The number of hydrogen-bond donors (Lipinski definition) is 0. The normalized spacial score (nSPS) is 25.9. The second-order valence-electron chi connectivity index (χ2n) is 8.04. The van der Waals surface area contributed by atoms with Gasteiger partial charge in [-0.2, -0.15) is 0 Å². The van der Waals surface area contributed by atoms with E-state index in [-0.39, 0.29) is 36.0 Å². The topological polar surface area (TPSA) is 52.6 Å². The third-order valence-corrected chi connectivity index (χ3v) is 6.29. The van der Waals surface area contributed by atoms with Gasteiger partial charge in [-0.25, -0.2) is 9.59 Å². The van der Waals surface area contributed by atoms with Gasteiger partial charge in [-0.05, 0) is 74.6 Å². The molecule has 0 saturated heterocycles. The lowest BCUT2D eigenvalue weighted by molar-refractivity contribution is -0.121. The molecule has 0 aromatic heterocycles. The molecule has 0 aliphatic heterocycles. The number of carbonyl (C=O) groups is 2. The zero-order valence-corrected chi connectivity index (χ0v) is 16.4. The molecule has 4 heteroatoms. The van der Waals surface area contributed by atoms with Crippen LogP contribution in [0.2, 0.25) is 0 Å². The van der Waals surface area contributed by atoms with Gasteiger partial charge in [0.1, 0.15) is 12.2 Å². The summed E-state index contributed by atoms with van der Waals surface area (Å²) in [5, 5.41) is 0. The van der Waals surface area contributed by atoms with Crippen molar-refractivity contribution in [3.63, 3.8) is 0 Å². The number of ether oxygens (including phenoxy) is 2. The average Bonchev–Trinajstić information content (AvgIpc) is 2.71. The Labute approximate surface area is 165 Å². The summed E-state index contributed by atoms with van der Waals surface area (Å²) in [6, 6.07) is 14.9. The van der Waals surface area contributed by atoms with E-state index in [1.54, 1.807) is 12.1 Å². The van der Waals surface area contributed by atoms with Crippen LogP contribution < -0.4 is 0 Å². The minimum atomic E-state index is -0.368. The lowest BCUT2D eigenvalue weighted by atomic mass is 9.67. The molecular formula is C24H26O4. The number of esters is 2. The highest BCUT2D eigenvalue weighted by atomic mass is 16.6. The molecule has 2 atom stereocenters. The van der Waals surface area contributed by atoms with E-state index in [1.165, 1.54) is 0 Å². The molecule has 5 rings (SSSR count). The van der Waals surface area contributed by atoms with E-state index in [0.29, 0.717) is 11.1 Å². The fourth-order valence-electron chi connectivity index (χ4n) is 4.64. The molecule has 0 heterocycles. The number of rotatable bonds is 4. The molecule has 3 aliphatic carbocycles. The standard InChI is InChI=1S/C24H26O4/c1-15-7-3-5-9-19(15)23(25)27-21-17-11-13-18(14-12-17)22(21)28-24(26)20-10-6-4-8-16(20)2/h3-10,17-18,21-22H,11-14H2,1-2H3. The Morgan fingerprint density at radius 3 is 1.39 bits per heavy atom. The van der Waals surface area contributed by atoms with Crippen LogP contribution in [0.3, 0.4) is 0 Å². The lowest BCUT2D eigenvalue weighted by Gasteiger charge is -2.46. The molecule has 3 aliphatic rings. The van der Waals surface area contributed by atoms with Gasteiger partial charge in [0, 0.05) is 0 Å². The van der Waals surface area contributed by atoms with Crippen LogP contribution in [-0.2, 0) is 9.47 Å². The second-order valence-corrected chi connectivity index (χ2v) is 8.04. The van der Waals surface area contributed by atoms with Gasteiger partial charge in [-0.3, -0.25) is 0 Å². The molecule has 3 fully saturated rings. The highest BCUT2D eigenvalue weighted by Gasteiger charge is 2.48. The van der Waals surface area contributed by atoms with E-state index >= 15 is 0 Å². The minimum absolute atomic E-state index is 0.257. The van der Waals surface area contributed by atoms with Crippen LogP contribution >= 0.6 is 0 Å². The van der Waals surface area contributed by atoms with Crippen molar-refractivity contribution in [3.05, 3.63) is 70.8 Å². The predicted octanol–water partition coefficient (Wildman–Crippen LogP) is 4.87. The molecule has 0 spiro atoms. The van der Waals surface area contributed by atoms with Gasteiger partial charge < -0.3 is 9.47 Å². The van der Waals surface area contributed by atoms with E-state index in [0.717, 1.165) is 36.8 Å². The molecule has 0 N–H and O–H groups in total. The molecule has 28 heavy (non-hydrogen) atoms. The first-order chi connectivity index (χ1) is 13.5. The first-order valence-corrected chi connectivity index (χ1v) is 10.1. The van der Waals surface area contributed by atoms with Crippen LogP contribution in [0, 0.1) is 25.7 Å². The molecule has 2 bridgehead atoms. The van der Waals surface area contributed by atoms with Crippen molar-refractivity contribution in [1.29, 1.82) is 0 Å². The maximum atomic E-state index is 12.8. The number of carbonyl (C=O) groups excluding carboxylic acids is 2. The van der Waals surface area contributed by atoms with E-state index in [1.807, 2.05) is 50.2 Å². The zero-order valence-electron chi connectivity index (χ0n) is 16.4. The van der Waals surface area contributed by atoms with Crippen molar-refractivity contribution in [2.75, 3.05) is 0 Å². The van der Waals surface area contributed by atoms with Crippen molar-refractivity contribution in [2.24, 2.45) is 11.8 Å². The summed E-state index contributed by atoms with van der Waals surface area (Å²) in [6.45, 7) is 3.80. The van der Waals surface area contributed by atoms with Crippen molar-refractivity contribution in [3.8, 4) is 0 Å². The van der Waals surface area contributed by atoms with Gasteiger partial charge in [0.25, 0.3) is 0 Å². The summed E-state index contributed by atoms with van der Waals surface area (Å²) in [4.78, 5) is 25.6. The molecule has 0 amide bonds. The number of fused-ring (bicyclic) bond motifs is 3. The molecule has 4 nitrogen and oxygen atoms in total. The molecular weight excluding hydrogens is 352 g/mol. The smallest absolute Gasteiger partial charge is 0.338 e. The number of hydrogen-bond acceptors (Lipinski definition) is 4. The summed E-state index contributed by atoms with van der Waals surface area (Å²) in [7, 11) is 0. The first-order valence-electron chi connectivity index (χ1n) is 10.1. The van der Waals surface area contributed by atoms with E-state index in [9.17, 15) is 9.59 Å². The average molecular weight is 378 g/mol. The number of benzene rings is 2. The van der Waals surface area contributed by atoms with Crippen molar-refractivity contribution in [1.82, 2.24) is 0 Å². The molecule has 2 aromatic carbocycles. The van der Waals surface area contributed by atoms with Crippen molar-refractivity contribution >= 4 is 11.9 Å². The SMILES string of the molecule is Cc1ccccc1C(=O)OC1C2CCC(CC2)C1OC(=O)c1ccccc1C. The third-order valence-electron chi connectivity index (χ3n) is 6.29. The van der Waals surface area contributed by atoms with E-state index < -0.39 is 0 Å². The fraction of sp³-hybridized carbons (Fsp3) is 0.417. The van der Waals surface area contributed by atoms with Gasteiger partial charge >= 0.3 is 11.9 Å². The molecule has 146 valence electrons. The Morgan fingerprint density at radius 2 is 1.04 bits per heavy atom. The Bertz CT molecular complexity index is 806. The Hall–Kier alpha value is -2.62. The summed E-state index contributed by atoms with van der Waals surface area (Å²) < 4.78 is 11.9. The van der Waals surface area contributed by atoms with Gasteiger partial charge in [-0.15, -0.1) is 0 Å². The Morgan fingerprint density at radius 1 is 0.679 bits per heavy atom. The van der Waals surface area contributed by atoms with Gasteiger partial charge in [0.15, 0.2) is 0 Å². The second kappa shape index (κ2) is 7.78. The summed E-state index contributed by atoms with van der Waals surface area (Å²) >= 11 is 0. The quantitative estimate of drug-likeness (QED) is 0.712. The van der Waals surface area contributed by atoms with Crippen LogP contribution in [0.5, 0.6) is 0 Å². The minimum Gasteiger partial charge on any atom is -0.455 e. The monoisotopic (exact) mass is 378 g/mol. The van der Waals surface area contributed by atoms with E-state index in [4.69, 9.17) is 9.47 Å². The Balaban J connectivity index is 1.55. The third kappa shape index (κ3) is 3.56. The van der Waals surface area contributed by atoms with Gasteiger partial charge in [0.2, 0.25) is 0 Å². The van der Waals surface area contributed by atoms with Crippen molar-refractivity contribution in [2.45, 2.75) is 51.7 Å². The first kappa shape index (κ1) is 18.7. The molecule has 0 radical (unpaired) electrons. The summed E-state index contributed by atoms with van der Waals surface area (Å²) in [5.74, 6) is -0.138. The van der Waals surface area contributed by atoms with Crippen molar-refractivity contribution < 1.29 is 19.1 Å². The maximum Gasteiger partial charge on any atom is 0.338 e. The molecule has 2 unspecified atom stereocenters. The van der Waals surface area contributed by atoms with Crippen LogP contribution in [0.1, 0.15) is 57.5 Å². The highest BCUT2D eigenvalue weighted by Crippen LogP contribution is 2.45. The lowest BCUT2D eigenvalue weighted by Crippen LogP contribution is -2.52. The van der Waals surface area contributed by atoms with Gasteiger partial charge in [-0.1, -0.05) is 36.4 Å². The molecule has 2 aromatic rings. The van der Waals surface area contributed by atoms with Crippen LogP contribution in [-0.4, -0.2) is 24.1 Å². The predicted molar refractivity (Wildman–Crippen MR) is 106 cm³/mol.